The number of para-hydroxylation sites is 1. The van der Waals surface area contributed by atoms with Crippen LogP contribution < -0.4 is 10.1 Å². The number of anilines is 1. The highest BCUT2D eigenvalue weighted by Gasteiger charge is 2.34. The number of ether oxygens (including phenoxy) is 1. The summed E-state index contributed by atoms with van der Waals surface area (Å²) >= 11 is 0. The highest BCUT2D eigenvalue weighted by atomic mass is 19.4. The van der Waals surface area contributed by atoms with E-state index in [9.17, 15) is 18.0 Å². The van der Waals surface area contributed by atoms with E-state index in [1.54, 1.807) is 35.3 Å². The number of alkyl halides is 3. The van der Waals surface area contributed by atoms with Gasteiger partial charge in [-0.05, 0) is 30.3 Å². The van der Waals surface area contributed by atoms with E-state index in [2.05, 4.69) is 15.4 Å². The fourth-order valence-electron chi connectivity index (χ4n) is 2.17. The summed E-state index contributed by atoms with van der Waals surface area (Å²) in [6, 6.07) is 9.70. The van der Waals surface area contributed by atoms with Gasteiger partial charge in [0.1, 0.15) is 5.75 Å². The Kier molecular flexibility index (Phi) is 4.87. The Morgan fingerprint density at radius 2 is 1.96 bits per heavy atom. The van der Waals surface area contributed by atoms with E-state index < -0.39 is 30.0 Å². The number of pyridine rings is 1. The molecule has 0 aliphatic rings. The first-order valence-electron chi connectivity index (χ1n) is 7.48. The van der Waals surface area contributed by atoms with Crippen LogP contribution >= 0.6 is 0 Å². The number of halogens is 3. The summed E-state index contributed by atoms with van der Waals surface area (Å²) in [5.41, 5.74) is -0.545. The van der Waals surface area contributed by atoms with Gasteiger partial charge >= 0.3 is 6.18 Å². The van der Waals surface area contributed by atoms with Gasteiger partial charge in [-0.1, -0.05) is 12.1 Å². The lowest BCUT2D eigenvalue weighted by Crippen LogP contribution is -2.21. The maximum absolute atomic E-state index is 12.9. The maximum atomic E-state index is 12.9. The van der Waals surface area contributed by atoms with Crippen LogP contribution in [-0.2, 0) is 11.0 Å². The molecule has 0 saturated carbocycles. The summed E-state index contributed by atoms with van der Waals surface area (Å²) < 4.78 is 45.2. The second-order valence-electron chi connectivity index (χ2n) is 5.19. The molecule has 134 valence electrons. The van der Waals surface area contributed by atoms with E-state index in [1.165, 1.54) is 18.3 Å². The molecule has 2 aromatic heterocycles. The average Bonchev–Trinajstić information content (AvgIpc) is 3.15. The van der Waals surface area contributed by atoms with Crippen LogP contribution in [0.3, 0.4) is 0 Å². The maximum Gasteiger partial charge on any atom is 0.419 e. The Hall–Kier alpha value is -3.36. The number of aromatic nitrogens is 3. The van der Waals surface area contributed by atoms with Gasteiger partial charge in [-0.2, -0.15) is 18.3 Å². The molecule has 0 aliphatic heterocycles. The molecule has 0 atom stereocenters. The number of carbonyl (C=O) groups is 1. The summed E-state index contributed by atoms with van der Waals surface area (Å²) in [6.45, 7) is -0.562. The normalized spacial score (nSPS) is 11.2. The molecule has 1 aromatic carbocycles. The van der Waals surface area contributed by atoms with Crippen molar-refractivity contribution in [1.29, 1.82) is 0 Å². The second kappa shape index (κ2) is 7.26. The number of benzene rings is 1. The Morgan fingerprint density at radius 1 is 1.15 bits per heavy atom. The lowest BCUT2D eigenvalue weighted by Gasteiger charge is -2.13. The third-order valence-corrected chi connectivity index (χ3v) is 3.32. The van der Waals surface area contributed by atoms with E-state index >= 15 is 0 Å². The Balaban J connectivity index is 1.60. The van der Waals surface area contributed by atoms with Crippen LogP contribution in [0.2, 0.25) is 0 Å². The number of amides is 1. The van der Waals surface area contributed by atoms with Gasteiger partial charge in [-0.15, -0.1) is 0 Å². The zero-order valence-electron chi connectivity index (χ0n) is 13.3. The van der Waals surface area contributed by atoms with Crippen LogP contribution in [0.5, 0.6) is 5.75 Å². The zero-order chi connectivity index (χ0) is 18.6. The molecule has 3 aromatic rings. The van der Waals surface area contributed by atoms with Crippen molar-refractivity contribution in [3.63, 3.8) is 0 Å². The SMILES string of the molecule is O=C(COc1ccccc1C(F)(F)F)Nc1ccc(-n2cccn2)nc1. The minimum Gasteiger partial charge on any atom is -0.483 e. The first kappa shape index (κ1) is 17.5. The van der Waals surface area contributed by atoms with E-state index in [1.807, 2.05) is 0 Å². The molecule has 0 saturated heterocycles. The smallest absolute Gasteiger partial charge is 0.419 e. The number of nitrogens with zero attached hydrogens (tertiary/aromatic N) is 3. The van der Waals surface area contributed by atoms with Gasteiger partial charge < -0.3 is 10.1 Å². The van der Waals surface area contributed by atoms with Gasteiger partial charge in [-0.25, -0.2) is 9.67 Å². The Bertz CT molecular complexity index is 878. The molecule has 0 spiro atoms. The molecule has 1 N–H and O–H groups in total. The summed E-state index contributed by atoms with van der Waals surface area (Å²) in [7, 11) is 0. The number of nitrogens with one attached hydrogen (secondary N) is 1. The number of rotatable bonds is 5. The lowest BCUT2D eigenvalue weighted by atomic mass is 10.2. The summed E-state index contributed by atoms with van der Waals surface area (Å²) in [6.07, 6.45) is 0.178. The number of hydrogen-bond donors (Lipinski definition) is 1. The molecular formula is C17H13F3N4O2. The molecule has 2 heterocycles. The molecule has 0 aliphatic carbocycles. The highest BCUT2D eigenvalue weighted by Crippen LogP contribution is 2.35. The summed E-state index contributed by atoms with van der Waals surface area (Å²) in [5.74, 6) is -0.443. The van der Waals surface area contributed by atoms with Crippen LogP contribution in [0.1, 0.15) is 5.56 Å². The number of carbonyl (C=O) groups excluding carboxylic acids is 1. The molecule has 0 unspecified atom stereocenters. The van der Waals surface area contributed by atoms with E-state index in [0.717, 1.165) is 12.1 Å². The van der Waals surface area contributed by atoms with Crippen molar-refractivity contribution in [2.75, 3.05) is 11.9 Å². The molecular weight excluding hydrogens is 349 g/mol. The predicted molar refractivity (Wildman–Crippen MR) is 86.9 cm³/mol. The molecule has 26 heavy (non-hydrogen) atoms. The van der Waals surface area contributed by atoms with Gasteiger partial charge in [0.25, 0.3) is 5.91 Å². The van der Waals surface area contributed by atoms with Crippen molar-refractivity contribution in [2.24, 2.45) is 0 Å². The van der Waals surface area contributed by atoms with E-state index in [4.69, 9.17) is 4.74 Å². The Labute approximate surface area is 146 Å². The first-order valence-corrected chi connectivity index (χ1v) is 7.48. The quantitative estimate of drug-likeness (QED) is 0.756. The average molecular weight is 362 g/mol. The van der Waals surface area contributed by atoms with Crippen LogP contribution in [-0.4, -0.2) is 27.3 Å². The predicted octanol–water partition coefficient (Wildman–Crippen LogP) is 3.30. The Morgan fingerprint density at radius 3 is 2.62 bits per heavy atom. The van der Waals surface area contributed by atoms with Gasteiger partial charge in [0, 0.05) is 12.4 Å². The summed E-state index contributed by atoms with van der Waals surface area (Å²) in [5, 5.41) is 6.53. The molecule has 1 amide bonds. The third-order valence-electron chi connectivity index (χ3n) is 3.32. The van der Waals surface area contributed by atoms with Gasteiger partial charge in [0.2, 0.25) is 0 Å². The van der Waals surface area contributed by atoms with E-state index in [-0.39, 0.29) is 0 Å². The number of hydrogen-bond acceptors (Lipinski definition) is 4. The topological polar surface area (TPSA) is 69.0 Å². The molecule has 0 radical (unpaired) electrons. The largest absolute Gasteiger partial charge is 0.483 e. The van der Waals surface area contributed by atoms with Crippen molar-refractivity contribution in [3.05, 3.63) is 66.6 Å². The monoisotopic (exact) mass is 362 g/mol. The molecule has 3 rings (SSSR count). The van der Waals surface area contributed by atoms with Crippen LogP contribution in [0, 0.1) is 0 Å². The van der Waals surface area contributed by atoms with Crippen LogP contribution in [0.15, 0.2) is 61.1 Å². The molecule has 0 bridgehead atoms. The van der Waals surface area contributed by atoms with Crippen molar-refractivity contribution in [1.82, 2.24) is 14.8 Å². The zero-order valence-corrected chi connectivity index (χ0v) is 13.3. The third kappa shape index (κ3) is 4.18. The van der Waals surface area contributed by atoms with Crippen molar-refractivity contribution in [3.8, 4) is 11.6 Å². The fraction of sp³-hybridized carbons (Fsp3) is 0.118. The lowest BCUT2D eigenvalue weighted by molar-refractivity contribution is -0.139. The van der Waals surface area contributed by atoms with Crippen LogP contribution in [0.25, 0.3) is 5.82 Å². The van der Waals surface area contributed by atoms with Gasteiger partial charge in [0.05, 0.1) is 17.4 Å². The van der Waals surface area contributed by atoms with E-state index in [0.29, 0.717) is 11.5 Å². The fourth-order valence-corrected chi connectivity index (χ4v) is 2.17. The summed E-state index contributed by atoms with van der Waals surface area (Å²) in [4.78, 5) is 16.0. The van der Waals surface area contributed by atoms with Crippen molar-refractivity contribution in [2.45, 2.75) is 6.18 Å². The van der Waals surface area contributed by atoms with Crippen molar-refractivity contribution < 1.29 is 22.7 Å². The first-order chi connectivity index (χ1) is 12.4. The second-order valence-corrected chi connectivity index (χ2v) is 5.19. The standard InChI is InChI=1S/C17H13F3N4O2/c18-17(19,20)13-4-1-2-5-14(13)26-11-16(25)23-12-6-7-15(21-10-12)24-9-3-8-22-24/h1-10H,11H2,(H,23,25). The molecule has 9 heteroatoms. The van der Waals surface area contributed by atoms with Crippen LogP contribution in [0.4, 0.5) is 18.9 Å². The molecule has 6 nitrogen and oxygen atoms in total. The highest BCUT2D eigenvalue weighted by molar-refractivity contribution is 5.91. The minimum absolute atomic E-state index is 0.388. The van der Waals surface area contributed by atoms with Crippen molar-refractivity contribution >= 4 is 11.6 Å². The minimum atomic E-state index is -4.56. The van der Waals surface area contributed by atoms with Gasteiger partial charge in [0.15, 0.2) is 12.4 Å². The molecule has 0 fully saturated rings. The van der Waals surface area contributed by atoms with Gasteiger partial charge in [-0.3, -0.25) is 4.79 Å².